The molecule has 2 rings (SSSR count). The van der Waals surface area contributed by atoms with Crippen molar-refractivity contribution in [3.05, 3.63) is 70.7 Å². The van der Waals surface area contributed by atoms with E-state index in [0.29, 0.717) is 10.6 Å². The first-order valence-electron chi connectivity index (χ1n) is 5.88. The fourth-order valence-electron chi connectivity index (χ4n) is 1.95. The number of ketones is 1. The zero-order valence-corrected chi connectivity index (χ0v) is 11.2. The molecule has 2 aromatic carbocycles. The van der Waals surface area contributed by atoms with Gasteiger partial charge in [-0.1, -0.05) is 41.9 Å². The first-order chi connectivity index (χ1) is 8.51. The number of benzene rings is 2. The SMILES string of the molecule is CC(C)(C(=O)c1ccc(Cl)cc1)c1ccccc1. The second-order valence-corrected chi connectivity index (χ2v) is 5.26. The van der Waals surface area contributed by atoms with Crippen LogP contribution in [0.25, 0.3) is 0 Å². The smallest absolute Gasteiger partial charge is 0.172 e. The van der Waals surface area contributed by atoms with E-state index < -0.39 is 5.41 Å². The first kappa shape index (κ1) is 12.8. The van der Waals surface area contributed by atoms with Gasteiger partial charge in [0, 0.05) is 10.6 Å². The van der Waals surface area contributed by atoms with Crippen molar-refractivity contribution in [1.29, 1.82) is 0 Å². The van der Waals surface area contributed by atoms with Crippen molar-refractivity contribution in [3.8, 4) is 0 Å². The predicted octanol–water partition coefficient (Wildman–Crippen LogP) is 4.50. The third kappa shape index (κ3) is 2.46. The molecule has 0 heterocycles. The van der Waals surface area contributed by atoms with Crippen LogP contribution < -0.4 is 0 Å². The second-order valence-electron chi connectivity index (χ2n) is 4.83. The lowest BCUT2D eigenvalue weighted by molar-refractivity contribution is 0.0909. The molecule has 0 radical (unpaired) electrons. The van der Waals surface area contributed by atoms with Gasteiger partial charge in [-0.2, -0.15) is 0 Å². The molecule has 0 aliphatic carbocycles. The molecule has 0 saturated carbocycles. The zero-order chi connectivity index (χ0) is 13.2. The molecule has 18 heavy (non-hydrogen) atoms. The van der Waals surface area contributed by atoms with Crippen LogP contribution in [0.15, 0.2) is 54.6 Å². The summed E-state index contributed by atoms with van der Waals surface area (Å²) in [7, 11) is 0. The molecule has 0 aliphatic rings. The lowest BCUT2D eigenvalue weighted by Gasteiger charge is -2.23. The molecule has 0 atom stereocenters. The highest BCUT2D eigenvalue weighted by molar-refractivity contribution is 6.30. The summed E-state index contributed by atoms with van der Waals surface area (Å²) >= 11 is 5.84. The summed E-state index contributed by atoms with van der Waals surface area (Å²) < 4.78 is 0. The minimum atomic E-state index is -0.533. The number of hydrogen-bond acceptors (Lipinski definition) is 1. The van der Waals surface area contributed by atoms with E-state index in [0.717, 1.165) is 5.56 Å². The lowest BCUT2D eigenvalue weighted by atomic mass is 9.78. The van der Waals surface area contributed by atoms with E-state index in [1.54, 1.807) is 24.3 Å². The first-order valence-corrected chi connectivity index (χ1v) is 6.25. The Kier molecular flexibility index (Phi) is 3.53. The second kappa shape index (κ2) is 4.95. The van der Waals surface area contributed by atoms with E-state index in [1.165, 1.54) is 0 Å². The van der Waals surface area contributed by atoms with Gasteiger partial charge < -0.3 is 0 Å². The molecule has 0 fully saturated rings. The van der Waals surface area contributed by atoms with Crippen LogP contribution in [0, 0.1) is 0 Å². The third-order valence-electron chi connectivity index (χ3n) is 3.17. The van der Waals surface area contributed by atoms with Crippen molar-refractivity contribution >= 4 is 17.4 Å². The highest BCUT2D eigenvalue weighted by Crippen LogP contribution is 2.27. The maximum Gasteiger partial charge on any atom is 0.172 e. The Morgan fingerprint density at radius 2 is 1.50 bits per heavy atom. The monoisotopic (exact) mass is 258 g/mol. The molecule has 0 N–H and O–H groups in total. The highest BCUT2D eigenvalue weighted by Gasteiger charge is 2.30. The van der Waals surface area contributed by atoms with E-state index in [4.69, 9.17) is 11.6 Å². The number of rotatable bonds is 3. The Morgan fingerprint density at radius 3 is 2.06 bits per heavy atom. The van der Waals surface area contributed by atoms with E-state index in [2.05, 4.69) is 0 Å². The molecule has 0 aromatic heterocycles. The van der Waals surface area contributed by atoms with Crippen LogP contribution in [0.3, 0.4) is 0 Å². The largest absolute Gasteiger partial charge is 0.293 e. The van der Waals surface area contributed by atoms with Crippen molar-refractivity contribution in [3.63, 3.8) is 0 Å². The Hall–Kier alpha value is -1.60. The van der Waals surface area contributed by atoms with Gasteiger partial charge in [-0.15, -0.1) is 0 Å². The molecule has 2 heteroatoms. The molecule has 0 unspecified atom stereocenters. The molecular weight excluding hydrogens is 244 g/mol. The van der Waals surface area contributed by atoms with Crippen LogP contribution >= 0.6 is 11.6 Å². The van der Waals surface area contributed by atoms with Gasteiger partial charge in [0.2, 0.25) is 0 Å². The predicted molar refractivity (Wildman–Crippen MR) is 75.3 cm³/mol. The summed E-state index contributed by atoms with van der Waals surface area (Å²) in [4.78, 5) is 12.5. The maximum atomic E-state index is 12.5. The van der Waals surface area contributed by atoms with Gasteiger partial charge in [0.15, 0.2) is 5.78 Å². The normalized spacial score (nSPS) is 11.3. The highest BCUT2D eigenvalue weighted by atomic mass is 35.5. The topological polar surface area (TPSA) is 17.1 Å². The Bertz CT molecular complexity index is 541. The van der Waals surface area contributed by atoms with Crippen molar-refractivity contribution in [2.24, 2.45) is 0 Å². The minimum Gasteiger partial charge on any atom is -0.293 e. The van der Waals surface area contributed by atoms with Crippen LogP contribution in [0.2, 0.25) is 5.02 Å². The van der Waals surface area contributed by atoms with E-state index >= 15 is 0 Å². The van der Waals surface area contributed by atoms with Gasteiger partial charge >= 0.3 is 0 Å². The Morgan fingerprint density at radius 1 is 0.944 bits per heavy atom. The standard InChI is InChI=1S/C16H15ClO/c1-16(2,13-6-4-3-5-7-13)15(18)12-8-10-14(17)11-9-12/h3-11H,1-2H3. The molecule has 0 spiro atoms. The van der Waals surface area contributed by atoms with Crippen LogP contribution in [-0.4, -0.2) is 5.78 Å². The van der Waals surface area contributed by atoms with Crippen molar-refractivity contribution in [2.45, 2.75) is 19.3 Å². The lowest BCUT2D eigenvalue weighted by Crippen LogP contribution is -2.29. The quantitative estimate of drug-likeness (QED) is 0.741. The average molecular weight is 259 g/mol. The Balaban J connectivity index is 2.36. The van der Waals surface area contributed by atoms with Crippen LogP contribution in [0.4, 0.5) is 0 Å². The maximum absolute atomic E-state index is 12.5. The van der Waals surface area contributed by atoms with Crippen molar-refractivity contribution in [2.75, 3.05) is 0 Å². The van der Waals surface area contributed by atoms with E-state index in [9.17, 15) is 4.79 Å². The molecule has 1 nitrogen and oxygen atoms in total. The summed E-state index contributed by atoms with van der Waals surface area (Å²) in [6.07, 6.45) is 0. The number of halogens is 1. The number of carbonyl (C=O) groups is 1. The van der Waals surface area contributed by atoms with Crippen LogP contribution in [0.5, 0.6) is 0 Å². The molecule has 0 amide bonds. The van der Waals surface area contributed by atoms with Gasteiger partial charge in [-0.05, 0) is 43.7 Å². The molecular formula is C16H15ClO. The molecule has 92 valence electrons. The molecule has 0 bridgehead atoms. The number of hydrogen-bond donors (Lipinski definition) is 0. The summed E-state index contributed by atoms with van der Waals surface area (Å²) in [5.74, 6) is 0.102. The number of Topliss-reactive ketones (excluding diaryl/α,β-unsaturated/α-hetero) is 1. The van der Waals surface area contributed by atoms with Gasteiger partial charge in [0.1, 0.15) is 0 Å². The van der Waals surface area contributed by atoms with Gasteiger partial charge in [0.05, 0.1) is 5.41 Å². The van der Waals surface area contributed by atoms with Crippen molar-refractivity contribution in [1.82, 2.24) is 0 Å². The van der Waals surface area contributed by atoms with Gasteiger partial charge in [-0.3, -0.25) is 4.79 Å². The third-order valence-corrected chi connectivity index (χ3v) is 3.42. The molecule has 0 aliphatic heterocycles. The van der Waals surface area contributed by atoms with E-state index in [1.807, 2.05) is 44.2 Å². The summed E-state index contributed by atoms with van der Waals surface area (Å²) in [5.41, 5.74) is 1.17. The minimum absolute atomic E-state index is 0.102. The summed E-state index contributed by atoms with van der Waals surface area (Å²) in [5, 5.41) is 0.643. The fourth-order valence-corrected chi connectivity index (χ4v) is 2.07. The van der Waals surface area contributed by atoms with Gasteiger partial charge in [0.25, 0.3) is 0 Å². The van der Waals surface area contributed by atoms with Crippen LogP contribution in [0.1, 0.15) is 29.8 Å². The molecule has 0 saturated heterocycles. The van der Waals surface area contributed by atoms with Crippen LogP contribution in [-0.2, 0) is 5.41 Å². The Labute approximate surface area is 112 Å². The molecule has 2 aromatic rings. The van der Waals surface area contributed by atoms with Gasteiger partial charge in [-0.25, -0.2) is 0 Å². The summed E-state index contributed by atoms with van der Waals surface area (Å²) in [6.45, 7) is 3.89. The number of carbonyl (C=O) groups excluding carboxylic acids is 1. The van der Waals surface area contributed by atoms with E-state index in [-0.39, 0.29) is 5.78 Å². The summed E-state index contributed by atoms with van der Waals surface area (Å²) in [6, 6.07) is 16.9. The van der Waals surface area contributed by atoms with Crippen molar-refractivity contribution < 1.29 is 4.79 Å². The average Bonchev–Trinajstić information content (AvgIpc) is 2.40. The fraction of sp³-hybridized carbons (Fsp3) is 0.188. The zero-order valence-electron chi connectivity index (χ0n) is 10.5.